The molecule has 22 heavy (non-hydrogen) atoms. The molecule has 0 saturated heterocycles. The fourth-order valence-electron chi connectivity index (χ4n) is 2.77. The molecule has 1 atom stereocenters. The average molecular weight is 288 g/mol. The molecule has 0 amide bonds. The highest BCUT2D eigenvalue weighted by molar-refractivity contribution is 5.83. The average Bonchev–Trinajstić information content (AvgIpc) is 2.56. The van der Waals surface area contributed by atoms with Crippen LogP contribution in [0.1, 0.15) is 12.5 Å². The van der Waals surface area contributed by atoms with Crippen molar-refractivity contribution >= 4 is 0 Å². The van der Waals surface area contributed by atoms with Crippen molar-refractivity contribution in [3.05, 3.63) is 84.4 Å². The number of aliphatic hydroxyl groups excluding tert-OH is 1. The number of benzene rings is 3. The molecule has 1 unspecified atom stereocenters. The van der Waals surface area contributed by atoms with Gasteiger partial charge in [0.1, 0.15) is 0 Å². The summed E-state index contributed by atoms with van der Waals surface area (Å²) in [6.07, 6.45) is 0.392. The van der Waals surface area contributed by atoms with Crippen molar-refractivity contribution in [3.63, 3.8) is 0 Å². The Morgan fingerprint density at radius 3 is 1.73 bits per heavy atom. The van der Waals surface area contributed by atoms with Crippen LogP contribution in [0.2, 0.25) is 0 Å². The second-order valence-electron chi connectivity index (χ2n) is 5.66. The Hall–Kier alpha value is -2.38. The summed E-state index contributed by atoms with van der Waals surface area (Å²) in [6.45, 7) is 1.82. The highest BCUT2D eigenvalue weighted by Gasteiger charge is 2.07. The zero-order valence-corrected chi connectivity index (χ0v) is 12.7. The van der Waals surface area contributed by atoms with Crippen LogP contribution in [-0.4, -0.2) is 11.2 Å². The topological polar surface area (TPSA) is 20.2 Å². The van der Waals surface area contributed by atoms with Crippen molar-refractivity contribution in [1.29, 1.82) is 0 Å². The van der Waals surface area contributed by atoms with Crippen LogP contribution < -0.4 is 0 Å². The Morgan fingerprint density at radius 1 is 0.682 bits per heavy atom. The molecule has 3 aromatic rings. The zero-order valence-electron chi connectivity index (χ0n) is 12.7. The van der Waals surface area contributed by atoms with Gasteiger partial charge in [-0.05, 0) is 41.2 Å². The van der Waals surface area contributed by atoms with Crippen LogP contribution in [0.15, 0.2) is 78.9 Å². The van der Waals surface area contributed by atoms with Gasteiger partial charge in [-0.1, -0.05) is 78.9 Å². The summed E-state index contributed by atoms with van der Waals surface area (Å²) in [6, 6.07) is 27.4. The van der Waals surface area contributed by atoms with E-state index < -0.39 is 0 Å². The number of aliphatic hydroxyl groups is 1. The predicted octanol–water partition coefficient (Wildman–Crippen LogP) is 4.94. The highest BCUT2D eigenvalue weighted by Crippen LogP contribution is 2.31. The molecule has 1 nitrogen and oxygen atoms in total. The number of rotatable bonds is 4. The Kier molecular flexibility index (Phi) is 4.36. The van der Waals surface area contributed by atoms with Crippen LogP contribution >= 0.6 is 0 Å². The van der Waals surface area contributed by atoms with Crippen LogP contribution in [-0.2, 0) is 6.42 Å². The third-order valence-electron chi connectivity index (χ3n) is 3.81. The molecule has 3 rings (SSSR count). The molecule has 0 heterocycles. The minimum Gasteiger partial charge on any atom is -0.393 e. The van der Waals surface area contributed by atoms with Gasteiger partial charge in [0.05, 0.1) is 6.10 Å². The molecule has 0 fully saturated rings. The Bertz CT molecular complexity index is 727. The van der Waals surface area contributed by atoms with Crippen LogP contribution in [0.5, 0.6) is 0 Å². The molecule has 0 bridgehead atoms. The first-order chi connectivity index (χ1) is 10.7. The van der Waals surface area contributed by atoms with Crippen molar-refractivity contribution in [3.8, 4) is 22.3 Å². The van der Waals surface area contributed by atoms with E-state index in [4.69, 9.17) is 0 Å². The maximum absolute atomic E-state index is 9.48. The molecule has 0 aliphatic heterocycles. The lowest BCUT2D eigenvalue weighted by atomic mass is 9.94. The van der Waals surface area contributed by atoms with Crippen molar-refractivity contribution in [2.24, 2.45) is 0 Å². The zero-order chi connectivity index (χ0) is 15.4. The number of hydrogen-bond donors (Lipinski definition) is 1. The molecule has 1 N–H and O–H groups in total. The highest BCUT2D eigenvalue weighted by atomic mass is 16.3. The lowest BCUT2D eigenvalue weighted by molar-refractivity contribution is 0.195. The van der Waals surface area contributed by atoms with Gasteiger partial charge in [0, 0.05) is 0 Å². The lowest BCUT2D eigenvalue weighted by Gasteiger charge is -2.11. The molecule has 0 radical (unpaired) electrons. The molecular weight excluding hydrogens is 268 g/mol. The van der Waals surface area contributed by atoms with Gasteiger partial charge in [0.25, 0.3) is 0 Å². The summed E-state index contributed by atoms with van der Waals surface area (Å²) in [7, 11) is 0. The largest absolute Gasteiger partial charge is 0.393 e. The molecule has 3 aromatic carbocycles. The van der Waals surface area contributed by atoms with Crippen molar-refractivity contribution < 1.29 is 5.11 Å². The second kappa shape index (κ2) is 6.59. The second-order valence-corrected chi connectivity index (χ2v) is 5.66. The van der Waals surface area contributed by atoms with Crippen LogP contribution in [0.3, 0.4) is 0 Å². The van der Waals surface area contributed by atoms with Gasteiger partial charge in [-0.25, -0.2) is 0 Å². The molecule has 0 aromatic heterocycles. The fourth-order valence-corrected chi connectivity index (χ4v) is 2.77. The quantitative estimate of drug-likeness (QED) is 0.720. The van der Waals surface area contributed by atoms with E-state index in [1.807, 2.05) is 13.0 Å². The predicted molar refractivity (Wildman–Crippen MR) is 92.7 cm³/mol. The van der Waals surface area contributed by atoms with E-state index in [1.165, 1.54) is 22.3 Å². The molecule has 0 spiro atoms. The van der Waals surface area contributed by atoms with E-state index in [9.17, 15) is 5.11 Å². The summed E-state index contributed by atoms with van der Waals surface area (Å²) in [4.78, 5) is 0. The van der Waals surface area contributed by atoms with Gasteiger partial charge in [-0.15, -0.1) is 0 Å². The van der Waals surface area contributed by atoms with E-state index in [0.29, 0.717) is 6.42 Å². The maximum Gasteiger partial charge on any atom is 0.0552 e. The van der Waals surface area contributed by atoms with Crippen LogP contribution in [0.4, 0.5) is 0 Å². The molecule has 110 valence electrons. The first-order valence-corrected chi connectivity index (χ1v) is 7.66. The third-order valence-corrected chi connectivity index (χ3v) is 3.81. The molecular formula is C21H20O. The Morgan fingerprint density at radius 2 is 1.18 bits per heavy atom. The summed E-state index contributed by atoms with van der Waals surface area (Å²) < 4.78 is 0. The Labute approximate surface area is 131 Å². The summed E-state index contributed by atoms with van der Waals surface area (Å²) in [5, 5.41) is 9.48. The van der Waals surface area contributed by atoms with Crippen molar-refractivity contribution in [1.82, 2.24) is 0 Å². The minimum absolute atomic E-state index is 0.303. The first-order valence-electron chi connectivity index (χ1n) is 7.66. The summed E-state index contributed by atoms with van der Waals surface area (Å²) in [5.74, 6) is 0. The maximum atomic E-state index is 9.48. The van der Waals surface area contributed by atoms with Gasteiger partial charge >= 0.3 is 0 Å². The molecule has 0 aliphatic carbocycles. The van der Waals surface area contributed by atoms with Crippen LogP contribution in [0, 0.1) is 0 Å². The number of hydrogen-bond acceptors (Lipinski definition) is 1. The standard InChI is InChI=1S/C21H20O/c1-16(22)15-17-11-13-19(14-12-17)21-10-6-5-9-20(21)18-7-3-2-4-8-18/h2-14,16,22H,15H2,1H3. The van der Waals surface area contributed by atoms with Gasteiger partial charge in [-0.3, -0.25) is 0 Å². The van der Waals surface area contributed by atoms with E-state index >= 15 is 0 Å². The normalized spacial score (nSPS) is 12.1. The van der Waals surface area contributed by atoms with E-state index in [1.54, 1.807) is 0 Å². The molecule has 1 heteroatoms. The molecule has 0 saturated carbocycles. The van der Waals surface area contributed by atoms with E-state index in [2.05, 4.69) is 72.8 Å². The van der Waals surface area contributed by atoms with Crippen molar-refractivity contribution in [2.45, 2.75) is 19.4 Å². The van der Waals surface area contributed by atoms with E-state index in [-0.39, 0.29) is 6.10 Å². The minimum atomic E-state index is -0.303. The molecule has 0 aliphatic rings. The lowest BCUT2D eigenvalue weighted by Crippen LogP contribution is -2.03. The SMILES string of the molecule is CC(O)Cc1ccc(-c2ccccc2-c2ccccc2)cc1. The van der Waals surface area contributed by atoms with Crippen LogP contribution in [0.25, 0.3) is 22.3 Å². The monoisotopic (exact) mass is 288 g/mol. The van der Waals surface area contributed by atoms with E-state index in [0.717, 1.165) is 5.56 Å². The smallest absolute Gasteiger partial charge is 0.0552 e. The first kappa shape index (κ1) is 14.6. The van der Waals surface area contributed by atoms with Gasteiger partial charge in [-0.2, -0.15) is 0 Å². The fraction of sp³-hybridized carbons (Fsp3) is 0.143. The van der Waals surface area contributed by atoms with Gasteiger partial charge in [0.15, 0.2) is 0 Å². The van der Waals surface area contributed by atoms with Crippen molar-refractivity contribution in [2.75, 3.05) is 0 Å². The third kappa shape index (κ3) is 3.26. The summed E-state index contributed by atoms with van der Waals surface area (Å²) in [5.41, 5.74) is 6.07. The van der Waals surface area contributed by atoms with Gasteiger partial charge in [0.2, 0.25) is 0 Å². The Balaban J connectivity index is 1.99. The van der Waals surface area contributed by atoms with Gasteiger partial charge < -0.3 is 5.11 Å². The summed E-state index contributed by atoms with van der Waals surface area (Å²) >= 11 is 0.